The number of amides is 3. The molecule has 1 atom stereocenters. The Kier molecular flexibility index (Phi) is 7.02. The Labute approximate surface area is 158 Å². The van der Waals surface area contributed by atoms with E-state index in [0.29, 0.717) is 13.0 Å². The minimum atomic E-state index is -1.10. The topological polar surface area (TPSA) is 126 Å². The highest BCUT2D eigenvalue weighted by atomic mass is 79.9. The summed E-state index contributed by atoms with van der Waals surface area (Å²) in [7, 11) is 0. The summed E-state index contributed by atoms with van der Waals surface area (Å²) in [5.74, 6) is -1.44. The molecule has 1 aromatic heterocycles. The van der Waals surface area contributed by atoms with Crippen LogP contribution in [0.25, 0.3) is 10.9 Å². The van der Waals surface area contributed by atoms with Gasteiger partial charge in [0.25, 0.3) is 0 Å². The maximum atomic E-state index is 12.1. The lowest BCUT2D eigenvalue weighted by molar-refractivity contribution is -0.142. The molecule has 0 saturated heterocycles. The first-order valence-electron chi connectivity index (χ1n) is 8.16. The Balaban J connectivity index is 1.86. The second kappa shape index (κ2) is 9.23. The summed E-state index contributed by atoms with van der Waals surface area (Å²) >= 11 is 3.43. The molecule has 2 aromatic rings. The molecule has 0 aliphatic rings. The van der Waals surface area contributed by atoms with Gasteiger partial charge in [0, 0.05) is 35.7 Å². The van der Waals surface area contributed by atoms with Crippen LogP contribution in [-0.2, 0) is 16.1 Å². The maximum Gasteiger partial charge on any atom is 0.326 e. The van der Waals surface area contributed by atoms with Gasteiger partial charge in [0.05, 0.1) is 0 Å². The molecular formula is C17H21BrN4O4. The van der Waals surface area contributed by atoms with Crippen LogP contribution in [0.5, 0.6) is 0 Å². The first-order chi connectivity index (χ1) is 12.4. The third-order valence-electron chi connectivity index (χ3n) is 3.92. The highest BCUT2D eigenvalue weighted by Crippen LogP contribution is 2.21. The summed E-state index contributed by atoms with van der Waals surface area (Å²) in [5, 5.41) is 15.2. The number of aliphatic carboxylic acids is 1. The van der Waals surface area contributed by atoms with E-state index in [1.807, 2.05) is 35.0 Å². The smallest absolute Gasteiger partial charge is 0.326 e. The zero-order valence-corrected chi connectivity index (χ0v) is 15.7. The van der Waals surface area contributed by atoms with Crippen LogP contribution in [0.15, 0.2) is 34.9 Å². The Morgan fingerprint density at radius 3 is 2.73 bits per heavy atom. The molecule has 5 N–H and O–H groups in total. The van der Waals surface area contributed by atoms with E-state index < -0.39 is 18.0 Å². The standard InChI is InChI=1S/C17H21BrN4O4/c18-12-4-3-11-5-8-22(14(11)10-12)9-6-15(23)21-13(16(24)25)2-1-7-20-17(19)26/h3-5,8,10,13H,1-2,6-7,9H2,(H,21,23)(H,24,25)(H3,19,20,26). The normalized spacial score (nSPS) is 11.9. The molecule has 0 radical (unpaired) electrons. The lowest BCUT2D eigenvalue weighted by Crippen LogP contribution is -2.41. The van der Waals surface area contributed by atoms with Crippen LogP contribution in [0.1, 0.15) is 19.3 Å². The van der Waals surface area contributed by atoms with E-state index in [1.165, 1.54) is 0 Å². The summed E-state index contributed by atoms with van der Waals surface area (Å²) in [6.45, 7) is 0.709. The number of urea groups is 1. The SMILES string of the molecule is NC(=O)NCCCC(NC(=O)CCn1ccc2ccc(Br)cc21)C(=O)O. The summed E-state index contributed by atoms with van der Waals surface area (Å²) in [6, 6.07) is 6.21. The molecule has 140 valence electrons. The number of aryl methyl sites for hydroxylation is 1. The first kappa shape index (κ1) is 19.8. The molecule has 1 heterocycles. The lowest BCUT2D eigenvalue weighted by Gasteiger charge is -2.15. The van der Waals surface area contributed by atoms with Crippen molar-refractivity contribution in [3.8, 4) is 0 Å². The number of hydrogen-bond donors (Lipinski definition) is 4. The van der Waals surface area contributed by atoms with Gasteiger partial charge >= 0.3 is 12.0 Å². The van der Waals surface area contributed by atoms with Gasteiger partial charge in [-0.1, -0.05) is 22.0 Å². The van der Waals surface area contributed by atoms with E-state index in [9.17, 15) is 19.5 Å². The van der Waals surface area contributed by atoms with Gasteiger partial charge in [0.15, 0.2) is 0 Å². The van der Waals surface area contributed by atoms with Gasteiger partial charge in [-0.15, -0.1) is 0 Å². The minimum absolute atomic E-state index is 0.166. The number of halogens is 1. The van der Waals surface area contributed by atoms with Crippen molar-refractivity contribution in [1.29, 1.82) is 0 Å². The number of nitrogens with one attached hydrogen (secondary N) is 2. The van der Waals surface area contributed by atoms with Gasteiger partial charge < -0.3 is 26.0 Å². The monoisotopic (exact) mass is 424 g/mol. The van der Waals surface area contributed by atoms with Crippen molar-refractivity contribution < 1.29 is 19.5 Å². The van der Waals surface area contributed by atoms with Crippen molar-refractivity contribution in [2.45, 2.75) is 31.8 Å². The molecule has 0 saturated carbocycles. The number of nitrogens with two attached hydrogens (primary N) is 1. The Bertz CT molecular complexity index is 805. The van der Waals surface area contributed by atoms with Gasteiger partial charge in [-0.3, -0.25) is 4.79 Å². The largest absolute Gasteiger partial charge is 0.480 e. The van der Waals surface area contributed by atoms with E-state index in [1.54, 1.807) is 0 Å². The van der Waals surface area contributed by atoms with Gasteiger partial charge in [0.1, 0.15) is 6.04 Å². The van der Waals surface area contributed by atoms with Crippen molar-refractivity contribution in [1.82, 2.24) is 15.2 Å². The van der Waals surface area contributed by atoms with Crippen molar-refractivity contribution in [3.05, 3.63) is 34.9 Å². The summed E-state index contributed by atoms with van der Waals surface area (Å²) in [4.78, 5) is 34.0. The fraction of sp³-hybridized carbons (Fsp3) is 0.353. The predicted octanol–water partition coefficient (Wildman–Crippen LogP) is 1.81. The predicted molar refractivity (Wildman–Crippen MR) is 101 cm³/mol. The number of hydrogen-bond acceptors (Lipinski definition) is 3. The molecule has 0 spiro atoms. The van der Waals surface area contributed by atoms with Gasteiger partial charge in [-0.05, 0) is 36.4 Å². The van der Waals surface area contributed by atoms with E-state index >= 15 is 0 Å². The average molecular weight is 425 g/mol. The molecule has 1 unspecified atom stereocenters. The molecule has 0 bridgehead atoms. The van der Waals surface area contributed by atoms with E-state index in [0.717, 1.165) is 15.4 Å². The third-order valence-corrected chi connectivity index (χ3v) is 4.41. The van der Waals surface area contributed by atoms with Crippen LogP contribution in [0, 0.1) is 0 Å². The van der Waals surface area contributed by atoms with Crippen molar-refractivity contribution >= 4 is 44.7 Å². The average Bonchev–Trinajstić information content (AvgIpc) is 2.97. The van der Waals surface area contributed by atoms with Gasteiger partial charge in [0.2, 0.25) is 5.91 Å². The lowest BCUT2D eigenvalue weighted by atomic mass is 10.1. The van der Waals surface area contributed by atoms with Crippen LogP contribution in [0.2, 0.25) is 0 Å². The molecule has 0 aliphatic heterocycles. The molecule has 1 aromatic carbocycles. The molecular weight excluding hydrogens is 404 g/mol. The number of rotatable bonds is 9. The molecule has 3 amide bonds. The highest BCUT2D eigenvalue weighted by Gasteiger charge is 2.19. The number of carbonyl (C=O) groups excluding carboxylic acids is 2. The number of primary amides is 1. The zero-order chi connectivity index (χ0) is 19.1. The number of nitrogens with zero attached hydrogens (tertiary/aromatic N) is 1. The fourth-order valence-electron chi connectivity index (χ4n) is 2.62. The Morgan fingerprint density at radius 2 is 2.04 bits per heavy atom. The fourth-order valence-corrected chi connectivity index (χ4v) is 2.96. The number of carboxylic acids is 1. The Hall–Kier alpha value is -2.55. The molecule has 26 heavy (non-hydrogen) atoms. The molecule has 9 heteroatoms. The zero-order valence-electron chi connectivity index (χ0n) is 14.1. The second-order valence-electron chi connectivity index (χ2n) is 5.85. The highest BCUT2D eigenvalue weighted by molar-refractivity contribution is 9.10. The first-order valence-corrected chi connectivity index (χ1v) is 8.96. The van der Waals surface area contributed by atoms with Crippen LogP contribution >= 0.6 is 15.9 Å². The van der Waals surface area contributed by atoms with Crippen LogP contribution in [-0.4, -0.2) is 40.2 Å². The van der Waals surface area contributed by atoms with Gasteiger partial charge in [-0.2, -0.15) is 0 Å². The summed E-state index contributed by atoms with van der Waals surface area (Å²) in [5.41, 5.74) is 5.94. The Morgan fingerprint density at radius 1 is 1.27 bits per heavy atom. The summed E-state index contributed by atoms with van der Waals surface area (Å²) < 4.78 is 2.90. The van der Waals surface area contributed by atoms with E-state index in [-0.39, 0.29) is 25.3 Å². The van der Waals surface area contributed by atoms with E-state index in [4.69, 9.17) is 5.73 Å². The van der Waals surface area contributed by atoms with Crippen molar-refractivity contribution in [2.24, 2.45) is 5.73 Å². The molecule has 2 rings (SSSR count). The molecule has 8 nitrogen and oxygen atoms in total. The number of carboxylic acid groups (broad SMARTS) is 1. The van der Waals surface area contributed by atoms with Crippen molar-refractivity contribution in [3.63, 3.8) is 0 Å². The number of carbonyl (C=O) groups is 3. The third kappa shape index (κ3) is 5.76. The van der Waals surface area contributed by atoms with Gasteiger partial charge in [-0.25, -0.2) is 9.59 Å². The number of benzene rings is 1. The number of fused-ring (bicyclic) bond motifs is 1. The summed E-state index contributed by atoms with van der Waals surface area (Å²) in [6.07, 6.45) is 2.67. The minimum Gasteiger partial charge on any atom is -0.480 e. The molecule has 0 fully saturated rings. The number of aromatic nitrogens is 1. The van der Waals surface area contributed by atoms with Crippen molar-refractivity contribution in [2.75, 3.05) is 6.54 Å². The van der Waals surface area contributed by atoms with E-state index in [2.05, 4.69) is 26.6 Å². The van der Waals surface area contributed by atoms with Crippen LogP contribution in [0.3, 0.4) is 0 Å². The van der Waals surface area contributed by atoms with Crippen LogP contribution in [0.4, 0.5) is 4.79 Å². The second-order valence-corrected chi connectivity index (χ2v) is 6.77. The van der Waals surface area contributed by atoms with Crippen LogP contribution < -0.4 is 16.4 Å². The quantitative estimate of drug-likeness (QED) is 0.457. The molecule has 0 aliphatic carbocycles. The maximum absolute atomic E-state index is 12.1.